The van der Waals surface area contributed by atoms with E-state index in [1.807, 2.05) is 25.1 Å². The van der Waals surface area contributed by atoms with Crippen molar-refractivity contribution in [3.8, 4) is 11.3 Å². The second kappa shape index (κ2) is 3.35. The van der Waals surface area contributed by atoms with Gasteiger partial charge in [-0.2, -0.15) is 0 Å². The van der Waals surface area contributed by atoms with E-state index in [9.17, 15) is 0 Å². The first kappa shape index (κ1) is 7.92. The molecule has 0 aliphatic carbocycles. The summed E-state index contributed by atoms with van der Waals surface area (Å²) in [4.78, 5) is 8.07. The highest BCUT2D eigenvalue weighted by atomic mass is 14.7. The summed E-state index contributed by atoms with van der Waals surface area (Å²) >= 11 is 0. The summed E-state index contributed by atoms with van der Waals surface area (Å²) in [5.74, 6) is 0. The second-order valence-corrected chi connectivity index (χ2v) is 2.78. The molecule has 2 heterocycles. The van der Waals surface area contributed by atoms with E-state index in [-0.39, 0.29) is 0 Å². The fourth-order valence-corrected chi connectivity index (χ4v) is 1.16. The van der Waals surface area contributed by atoms with Crippen LogP contribution in [0.5, 0.6) is 0 Å². The Labute approximate surface area is 77.3 Å². The lowest BCUT2D eigenvalue weighted by Crippen LogP contribution is -1.87. The number of rotatable bonds is 1. The van der Waals surface area contributed by atoms with Crippen molar-refractivity contribution in [1.29, 1.82) is 0 Å². The molecule has 0 bridgehead atoms. The molecule has 0 saturated carbocycles. The molecule has 2 heteroatoms. The molecule has 0 N–H and O–H groups in total. The number of aromatic nitrogens is 2. The van der Waals surface area contributed by atoms with Gasteiger partial charge in [-0.25, -0.2) is 4.98 Å². The molecule has 2 radical (unpaired) electrons. The molecule has 0 amide bonds. The zero-order valence-electron chi connectivity index (χ0n) is 7.28. The number of pyridine rings is 2. The van der Waals surface area contributed by atoms with Gasteiger partial charge in [-0.3, -0.25) is 4.98 Å². The second-order valence-electron chi connectivity index (χ2n) is 2.78. The molecule has 13 heavy (non-hydrogen) atoms. The van der Waals surface area contributed by atoms with Gasteiger partial charge in [0.2, 0.25) is 0 Å². The highest BCUT2D eigenvalue weighted by Gasteiger charge is 2.00. The van der Waals surface area contributed by atoms with E-state index in [1.54, 1.807) is 12.3 Å². The van der Waals surface area contributed by atoms with E-state index in [0.717, 1.165) is 16.8 Å². The Bertz CT molecular complexity index is 396. The summed E-state index contributed by atoms with van der Waals surface area (Å²) in [6.45, 7) is 2.02. The summed E-state index contributed by atoms with van der Waals surface area (Å²) in [6.07, 6.45) is 7.35. The van der Waals surface area contributed by atoms with Crippen LogP contribution in [-0.2, 0) is 0 Å². The van der Waals surface area contributed by atoms with Gasteiger partial charge < -0.3 is 0 Å². The molecular weight excluding hydrogens is 160 g/mol. The molecule has 0 aliphatic heterocycles. The van der Waals surface area contributed by atoms with Crippen molar-refractivity contribution in [3.63, 3.8) is 0 Å². The topological polar surface area (TPSA) is 25.8 Å². The zero-order valence-corrected chi connectivity index (χ0v) is 7.28. The Hall–Kier alpha value is -1.70. The Balaban J connectivity index is 2.54. The summed E-state index contributed by atoms with van der Waals surface area (Å²) in [6, 6.07) is 7.49. The number of aryl methyl sites for hydroxylation is 1. The molecule has 2 aromatic rings. The van der Waals surface area contributed by atoms with Crippen molar-refractivity contribution in [1.82, 2.24) is 9.97 Å². The maximum Gasteiger partial charge on any atom is 0.0893 e. The predicted molar refractivity (Wildman–Crippen MR) is 49.9 cm³/mol. The lowest BCUT2D eigenvalue weighted by molar-refractivity contribution is 1.23. The average Bonchev–Trinajstić information content (AvgIpc) is 2.20. The van der Waals surface area contributed by atoms with Crippen LogP contribution >= 0.6 is 0 Å². The molecular formula is C11H8N2. The molecule has 2 nitrogen and oxygen atoms in total. The molecule has 0 unspecified atom stereocenters. The van der Waals surface area contributed by atoms with E-state index >= 15 is 0 Å². The Morgan fingerprint density at radius 3 is 2.92 bits per heavy atom. The predicted octanol–water partition coefficient (Wildman–Crippen LogP) is 2.05. The summed E-state index contributed by atoms with van der Waals surface area (Å²) in [5, 5.41) is 0. The average molecular weight is 168 g/mol. The van der Waals surface area contributed by atoms with E-state index in [2.05, 4.69) is 22.4 Å². The number of hydrogen-bond acceptors (Lipinski definition) is 2. The fraction of sp³-hybridized carbons (Fsp3) is 0.0909. The number of hydrogen-bond donors (Lipinski definition) is 0. The molecule has 0 spiro atoms. The third-order valence-electron chi connectivity index (χ3n) is 1.86. The molecule has 0 aliphatic rings. The first-order chi connectivity index (χ1) is 6.38. The van der Waals surface area contributed by atoms with E-state index in [0.29, 0.717) is 0 Å². The Kier molecular flexibility index (Phi) is 2.04. The largest absolute Gasteiger partial charge is 0.254 e. The normalized spacial score (nSPS) is 9.92. The van der Waals surface area contributed by atoms with Crippen molar-refractivity contribution in [2.24, 2.45) is 0 Å². The minimum Gasteiger partial charge on any atom is -0.254 e. The lowest BCUT2D eigenvalue weighted by atomic mass is 10.1. The van der Waals surface area contributed by atoms with Crippen LogP contribution in [0.15, 0.2) is 30.5 Å². The van der Waals surface area contributed by atoms with Crippen LogP contribution in [0.25, 0.3) is 11.3 Å². The maximum atomic E-state index is 4.13. The van der Waals surface area contributed by atoms with Crippen molar-refractivity contribution in [3.05, 3.63) is 48.4 Å². The zero-order chi connectivity index (χ0) is 9.10. The fourth-order valence-electron chi connectivity index (χ4n) is 1.16. The minimum atomic E-state index is 0.904. The summed E-state index contributed by atoms with van der Waals surface area (Å²) in [5.41, 5.74) is 3.07. The monoisotopic (exact) mass is 168 g/mol. The van der Waals surface area contributed by atoms with E-state index < -0.39 is 0 Å². The summed E-state index contributed by atoms with van der Waals surface area (Å²) in [7, 11) is 0. The first-order valence-electron chi connectivity index (χ1n) is 4.04. The Morgan fingerprint density at radius 2 is 2.23 bits per heavy atom. The van der Waals surface area contributed by atoms with Crippen LogP contribution in [0.1, 0.15) is 5.56 Å². The SMILES string of the molecule is Cc1c[c]ncc1-c1ccc[c]n1. The first-order valence-corrected chi connectivity index (χ1v) is 4.04. The van der Waals surface area contributed by atoms with Crippen molar-refractivity contribution >= 4 is 0 Å². The van der Waals surface area contributed by atoms with Gasteiger partial charge in [-0.1, -0.05) is 6.07 Å². The van der Waals surface area contributed by atoms with E-state index in [4.69, 9.17) is 0 Å². The molecule has 0 atom stereocenters. The number of nitrogens with zero attached hydrogens (tertiary/aromatic N) is 2. The molecule has 62 valence electrons. The third-order valence-corrected chi connectivity index (χ3v) is 1.86. The molecule has 0 aromatic carbocycles. The van der Waals surface area contributed by atoms with Gasteiger partial charge in [-0.05, 0) is 30.7 Å². The molecule has 0 saturated heterocycles. The van der Waals surface area contributed by atoms with Gasteiger partial charge in [0.1, 0.15) is 0 Å². The van der Waals surface area contributed by atoms with Gasteiger partial charge in [0, 0.05) is 11.8 Å². The van der Waals surface area contributed by atoms with Gasteiger partial charge in [-0.15, -0.1) is 0 Å². The van der Waals surface area contributed by atoms with Crippen molar-refractivity contribution in [2.75, 3.05) is 0 Å². The highest BCUT2D eigenvalue weighted by Crippen LogP contribution is 2.18. The van der Waals surface area contributed by atoms with Gasteiger partial charge in [0.05, 0.1) is 18.1 Å². The molecule has 2 aromatic heterocycles. The van der Waals surface area contributed by atoms with Crippen LogP contribution < -0.4 is 0 Å². The Morgan fingerprint density at radius 1 is 1.31 bits per heavy atom. The van der Waals surface area contributed by atoms with Crippen LogP contribution in [0.3, 0.4) is 0 Å². The van der Waals surface area contributed by atoms with Gasteiger partial charge in [0.15, 0.2) is 0 Å². The molecule has 2 rings (SSSR count). The van der Waals surface area contributed by atoms with Crippen LogP contribution in [0.4, 0.5) is 0 Å². The third kappa shape index (κ3) is 1.56. The van der Waals surface area contributed by atoms with Gasteiger partial charge in [0.25, 0.3) is 0 Å². The molecule has 0 fully saturated rings. The minimum absolute atomic E-state index is 0.904. The smallest absolute Gasteiger partial charge is 0.0893 e. The summed E-state index contributed by atoms with van der Waals surface area (Å²) < 4.78 is 0. The standard InChI is InChI=1S/C11H8N2/c1-9-5-7-12-8-10(9)11-4-2-3-6-13-11/h2-5,8H,1H3. The van der Waals surface area contributed by atoms with Crippen molar-refractivity contribution < 1.29 is 0 Å². The van der Waals surface area contributed by atoms with Crippen LogP contribution in [0.2, 0.25) is 0 Å². The van der Waals surface area contributed by atoms with Crippen LogP contribution in [0, 0.1) is 19.3 Å². The van der Waals surface area contributed by atoms with Crippen LogP contribution in [-0.4, -0.2) is 9.97 Å². The van der Waals surface area contributed by atoms with Crippen molar-refractivity contribution in [2.45, 2.75) is 6.92 Å². The maximum absolute atomic E-state index is 4.13. The quantitative estimate of drug-likeness (QED) is 0.651. The highest BCUT2D eigenvalue weighted by molar-refractivity contribution is 5.61. The van der Waals surface area contributed by atoms with Gasteiger partial charge >= 0.3 is 0 Å². The van der Waals surface area contributed by atoms with E-state index in [1.165, 1.54) is 0 Å². The lowest BCUT2D eigenvalue weighted by Gasteiger charge is -2.01.